The van der Waals surface area contributed by atoms with Crippen molar-refractivity contribution in [2.24, 2.45) is 0 Å². The maximum Gasteiger partial charge on any atom is 0.326 e. The zero-order chi connectivity index (χ0) is 24.0. The second kappa shape index (κ2) is 10.3. The van der Waals surface area contributed by atoms with E-state index in [2.05, 4.69) is 36.0 Å². The summed E-state index contributed by atoms with van der Waals surface area (Å²) in [5.41, 5.74) is 6.48. The van der Waals surface area contributed by atoms with Crippen LogP contribution in [0.3, 0.4) is 0 Å². The van der Waals surface area contributed by atoms with Crippen molar-refractivity contribution < 1.29 is 24.2 Å². The predicted octanol–water partition coefficient (Wildman–Crippen LogP) is -0.194. The van der Waals surface area contributed by atoms with Crippen LogP contribution in [-0.4, -0.2) is 65.2 Å². The van der Waals surface area contributed by atoms with Crippen molar-refractivity contribution in [2.75, 3.05) is 41.9 Å². The lowest BCUT2D eigenvalue weighted by Crippen LogP contribution is -2.41. The Morgan fingerprint density at radius 2 is 2.03 bits per heavy atom. The third kappa shape index (κ3) is 6.12. The highest BCUT2D eigenvalue weighted by Gasteiger charge is 2.23. The number of nitrogens with one attached hydrogen (secondary N) is 5. The number of carboxylic acids is 1. The number of carboxylic acid groups (broad SMARTS) is 1. The summed E-state index contributed by atoms with van der Waals surface area (Å²) in [6.07, 6.45) is -0.204. The Balaban J connectivity index is 1.53. The number of nitrogen functional groups attached to an aromatic ring is 1. The van der Waals surface area contributed by atoms with Gasteiger partial charge in [0.05, 0.1) is 13.2 Å². The maximum absolute atomic E-state index is 12.4. The number of aromatic nitrogens is 2. The number of aliphatic carboxylic acids is 1. The third-order valence-corrected chi connectivity index (χ3v) is 4.97. The number of hydrogen-bond donors (Lipinski definition) is 7. The number of nitrogens with two attached hydrogens (primary N) is 1. The smallest absolute Gasteiger partial charge is 0.326 e. The van der Waals surface area contributed by atoms with Gasteiger partial charge in [0.2, 0.25) is 5.95 Å². The van der Waals surface area contributed by atoms with E-state index < -0.39 is 23.9 Å². The van der Waals surface area contributed by atoms with Gasteiger partial charge in [-0.1, -0.05) is 0 Å². The van der Waals surface area contributed by atoms with E-state index in [0.29, 0.717) is 24.6 Å². The number of anilines is 4. The molecule has 1 aromatic heterocycles. The molecule has 13 heteroatoms. The van der Waals surface area contributed by atoms with E-state index in [1.165, 1.54) is 7.11 Å². The molecule has 1 aromatic carbocycles. The quantitative estimate of drug-likeness (QED) is 0.245. The van der Waals surface area contributed by atoms with Crippen LogP contribution in [0.1, 0.15) is 23.2 Å². The molecule has 1 aliphatic heterocycles. The van der Waals surface area contributed by atoms with Crippen molar-refractivity contribution in [3.63, 3.8) is 0 Å². The first kappa shape index (κ1) is 23.4. The number of carbonyl (C=O) groups is 3. The lowest BCUT2D eigenvalue weighted by Gasteiger charge is -2.27. The van der Waals surface area contributed by atoms with Crippen molar-refractivity contribution >= 4 is 41.0 Å². The first-order valence-corrected chi connectivity index (χ1v) is 10.1. The number of ether oxygens (including phenoxy) is 1. The zero-order valence-corrected chi connectivity index (χ0v) is 17.8. The van der Waals surface area contributed by atoms with Gasteiger partial charge < -0.3 is 36.8 Å². The van der Waals surface area contributed by atoms with Crippen LogP contribution in [0.5, 0.6) is 0 Å². The highest BCUT2D eigenvalue weighted by molar-refractivity contribution is 5.97. The number of nitrogens with zero attached hydrogens (tertiary/aromatic N) is 1. The number of aromatic amines is 1. The van der Waals surface area contributed by atoms with Gasteiger partial charge in [0.25, 0.3) is 11.5 Å². The summed E-state index contributed by atoms with van der Waals surface area (Å²) in [5.74, 6) is -1.93. The Kier molecular flexibility index (Phi) is 7.33. The van der Waals surface area contributed by atoms with Crippen molar-refractivity contribution in [2.45, 2.75) is 24.9 Å². The molecule has 3 rings (SSSR count). The number of hydrogen-bond acceptors (Lipinski definition) is 10. The summed E-state index contributed by atoms with van der Waals surface area (Å²) < 4.78 is 4.49. The normalized spacial score (nSPS) is 15.2. The Labute approximate surface area is 188 Å². The molecule has 0 spiro atoms. The first-order chi connectivity index (χ1) is 15.8. The topological polar surface area (TPSA) is 201 Å². The first-order valence-electron chi connectivity index (χ1n) is 10.1. The van der Waals surface area contributed by atoms with Crippen LogP contribution in [0.15, 0.2) is 29.1 Å². The Morgan fingerprint density at radius 1 is 1.30 bits per heavy atom. The Bertz CT molecular complexity index is 1090. The van der Waals surface area contributed by atoms with Crippen molar-refractivity contribution in [3.05, 3.63) is 40.2 Å². The summed E-state index contributed by atoms with van der Waals surface area (Å²) in [6, 6.07) is 5.14. The van der Waals surface area contributed by atoms with E-state index >= 15 is 0 Å². The molecule has 1 aliphatic rings. The number of esters is 1. The molecule has 0 fully saturated rings. The average molecular weight is 459 g/mol. The van der Waals surface area contributed by atoms with Crippen molar-refractivity contribution in [1.82, 2.24) is 15.3 Å². The molecule has 0 aliphatic carbocycles. The molecule has 0 saturated heterocycles. The lowest BCUT2D eigenvalue weighted by atomic mass is 10.1. The summed E-state index contributed by atoms with van der Waals surface area (Å²) >= 11 is 0. The van der Waals surface area contributed by atoms with Gasteiger partial charge in [-0.15, -0.1) is 0 Å². The number of benzene rings is 1. The van der Waals surface area contributed by atoms with E-state index in [1.807, 2.05) is 0 Å². The van der Waals surface area contributed by atoms with Crippen LogP contribution in [0, 0.1) is 0 Å². The molecule has 8 N–H and O–H groups in total. The van der Waals surface area contributed by atoms with Crippen LogP contribution in [0.4, 0.5) is 23.1 Å². The van der Waals surface area contributed by atoms with Crippen molar-refractivity contribution in [1.29, 1.82) is 0 Å². The average Bonchev–Trinajstić information content (AvgIpc) is 2.80. The van der Waals surface area contributed by atoms with Crippen LogP contribution in [-0.2, 0) is 14.3 Å². The SMILES string of the molecule is COC(=O)CC[C@H](NC(=O)c1ccc(NC[C@@H]2CNc3nc(N)[nH]c(=O)c3N2)cc1)C(=O)O. The monoisotopic (exact) mass is 459 g/mol. The molecular weight excluding hydrogens is 434 g/mol. The molecule has 0 radical (unpaired) electrons. The van der Waals surface area contributed by atoms with Gasteiger partial charge in [-0.05, 0) is 30.7 Å². The second-order valence-corrected chi connectivity index (χ2v) is 7.33. The molecule has 0 unspecified atom stereocenters. The molecule has 13 nitrogen and oxygen atoms in total. The summed E-state index contributed by atoms with van der Waals surface area (Å²) in [5, 5.41) is 21.0. The standard InChI is InChI=1S/C20H25N7O6/c1-33-14(28)7-6-13(19(31)32)25-17(29)10-2-4-11(5-3-10)22-8-12-9-23-16-15(24-12)18(30)27-20(21)26-16/h2-5,12-13,22,24H,6-9H2,1H3,(H,25,29)(H,31,32)(H4,21,23,26,27,30)/t12-,13+/m1/s1. The van der Waals surface area contributed by atoms with Crippen LogP contribution >= 0.6 is 0 Å². The number of amides is 1. The lowest BCUT2D eigenvalue weighted by molar-refractivity contribution is -0.142. The number of methoxy groups -OCH3 is 1. The molecule has 0 saturated carbocycles. The van der Waals surface area contributed by atoms with Gasteiger partial charge in [-0.2, -0.15) is 4.98 Å². The number of carbonyl (C=O) groups excluding carboxylic acids is 2. The number of fused-ring (bicyclic) bond motifs is 1. The molecule has 2 heterocycles. The summed E-state index contributed by atoms with van der Waals surface area (Å²) in [7, 11) is 1.21. The predicted molar refractivity (Wildman–Crippen MR) is 120 cm³/mol. The van der Waals surface area contributed by atoms with Gasteiger partial charge in [-0.25, -0.2) is 4.79 Å². The van der Waals surface area contributed by atoms with E-state index in [-0.39, 0.29) is 36.0 Å². The van der Waals surface area contributed by atoms with Gasteiger partial charge in [0.1, 0.15) is 11.7 Å². The van der Waals surface area contributed by atoms with E-state index in [4.69, 9.17) is 5.73 Å². The minimum atomic E-state index is -1.24. The summed E-state index contributed by atoms with van der Waals surface area (Å²) in [4.78, 5) is 53.5. The number of rotatable bonds is 9. The van der Waals surface area contributed by atoms with Crippen LogP contribution in [0.2, 0.25) is 0 Å². The fraction of sp³-hybridized carbons (Fsp3) is 0.350. The molecular formula is C20H25N7O6. The molecule has 1 amide bonds. The van der Waals surface area contributed by atoms with Gasteiger partial charge in [0, 0.05) is 30.8 Å². The van der Waals surface area contributed by atoms with Gasteiger partial charge in [-0.3, -0.25) is 19.4 Å². The Hall–Kier alpha value is -4.29. The largest absolute Gasteiger partial charge is 0.480 e. The fourth-order valence-corrected chi connectivity index (χ4v) is 3.19. The summed E-state index contributed by atoms with van der Waals surface area (Å²) in [6.45, 7) is 0.981. The molecule has 2 atom stereocenters. The molecule has 176 valence electrons. The Morgan fingerprint density at radius 3 is 2.70 bits per heavy atom. The van der Waals surface area contributed by atoms with Crippen LogP contribution in [0.25, 0.3) is 0 Å². The fourth-order valence-electron chi connectivity index (χ4n) is 3.19. The minimum absolute atomic E-state index is 0.0342. The van der Waals surface area contributed by atoms with Crippen LogP contribution < -0.4 is 32.6 Å². The van der Waals surface area contributed by atoms with E-state index in [9.17, 15) is 24.3 Å². The highest BCUT2D eigenvalue weighted by Crippen LogP contribution is 2.20. The zero-order valence-electron chi connectivity index (χ0n) is 17.8. The molecule has 33 heavy (non-hydrogen) atoms. The van der Waals surface area contributed by atoms with Gasteiger partial charge in [0.15, 0.2) is 5.82 Å². The second-order valence-electron chi connectivity index (χ2n) is 7.33. The van der Waals surface area contributed by atoms with E-state index in [1.54, 1.807) is 24.3 Å². The van der Waals surface area contributed by atoms with E-state index in [0.717, 1.165) is 5.69 Å². The number of H-pyrrole nitrogens is 1. The minimum Gasteiger partial charge on any atom is -0.480 e. The molecule has 2 aromatic rings. The molecule has 0 bridgehead atoms. The highest BCUT2D eigenvalue weighted by atomic mass is 16.5. The maximum atomic E-state index is 12.4. The van der Waals surface area contributed by atoms with Gasteiger partial charge >= 0.3 is 11.9 Å². The van der Waals surface area contributed by atoms with Crippen molar-refractivity contribution in [3.8, 4) is 0 Å². The third-order valence-electron chi connectivity index (χ3n) is 4.97.